The highest BCUT2D eigenvalue weighted by atomic mass is 127. The Labute approximate surface area is 69.3 Å². The minimum atomic E-state index is 0.875. The highest BCUT2D eigenvalue weighted by Crippen LogP contribution is 1.90. The lowest BCUT2D eigenvalue weighted by molar-refractivity contribution is 1.23. The van der Waals surface area contributed by atoms with Crippen molar-refractivity contribution in [3.05, 3.63) is 12.2 Å². The van der Waals surface area contributed by atoms with Crippen LogP contribution in [0.4, 0.5) is 0 Å². The van der Waals surface area contributed by atoms with Crippen molar-refractivity contribution in [3.8, 4) is 0 Å². The first-order valence-corrected chi connectivity index (χ1v) is 4.30. The number of hydrogen-bond donors (Lipinski definition) is 1. The maximum Gasteiger partial charge on any atom is 0.0566 e. The Morgan fingerprint density at radius 1 is 1.78 bits per heavy atom. The SMILES string of the molecule is CC(/C=C\CCI)=N/N. The van der Waals surface area contributed by atoms with Crippen molar-refractivity contribution >= 4 is 28.3 Å². The summed E-state index contributed by atoms with van der Waals surface area (Å²) in [4.78, 5) is 0. The van der Waals surface area contributed by atoms with E-state index in [9.17, 15) is 0 Å². The lowest BCUT2D eigenvalue weighted by Crippen LogP contribution is -1.90. The topological polar surface area (TPSA) is 38.4 Å². The zero-order chi connectivity index (χ0) is 7.11. The van der Waals surface area contributed by atoms with E-state index < -0.39 is 0 Å². The molecule has 0 unspecified atom stereocenters. The van der Waals surface area contributed by atoms with Gasteiger partial charge in [-0.1, -0.05) is 28.7 Å². The van der Waals surface area contributed by atoms with Crippen LogP contribution in [0.25, 0.3) is 0 Å². The van der Waals surface area contributed by atoms with E-state index in [0.717, 1.165) is 16.6 Å². The van der Waals surface area contributed by atoms with Crippen LogP contribution in [0.2, 0.25) is 0 Å². The molecule has 0 rings (SSSR count). The average Bonchev–Trinajstić information content (AvgIpc) is 1.89. The van der Waals surface area contributed by atoms with Crippen LogP contribution < -0.4 is 5.84 Å². The minimum Gasteiger partial charge on any atom is -0.323 e. The Balaban J connectivity index is 3.45. The summed E-state index contributed by atoms with van der Waals surface area (Å²) < 4.78 is 1.14. The smallest absolute Gasteiger partial charge is 0.0566 e. The molecule has 0 aliphatic heterocycles. The summed E-state index contributed by atoms with van der Waals surface area (Å²) in [5, 5.41) is 3.49. The molecule has 0 aliphatic rings. The van der Waals surface area contributed by atoms with Crippen LogP contribution in [-0.2, 0) is 0 Å². The molecule has 0 saturated carbocycles. The van der Waals surface area contributed by atoms with Gasteiger partial charge in [-0.3, -0.25) is 0 Å². The van der Waals surface area contributed by atoms with E-state index in [1.165, 1.54) is 0 Å². The monoisotopic (exact) mass is 238 g/mol. The highest BCUT2D eigenvalue weighted by molar-refractivity contribution is 14.1. The maximum atomic E-state index is 4.99. The van der Waals surface area contributed by atoms with Crippen LogP contribution in [0.3, 0.4) is 0 Å². The molecule has 0 radical (unpaired) electrons. The van der Waals surface area contributed by atoms with Gasteiger partial charge in [-0.25, -0.2) is 0 Å². The number of halogens is 1. The molecule has 0 aromatic carbocycles. The third kappa shape index (κ3) is 5.82. The molecule has 3 heteroatoms. The van der Waals surface area contributed by atoms with Crippen LogP contribution >= 0.6 is 22.6 Å². The Kier molecular flexibility index (Phi) is 6.03. The van der Waals surface area contributed by atoms with E-state index in [2.05, 4.69) is 33.8 Å². The summed E-state index contributed by atoms with van der Waals surface area (Å²) in [6.07, 6.45) is 5.09. The van der Waals surface area contributed by atoms with Gasteiger partial charge in [0.1, 0.15) is 0 Å². The molecular weight excluding hydrogens is 227 g/mol. The summed E-state index contributed by atoms with van der Waals surface area (Å²) >= 11 is 2.32. The van der Waals surface area contributed by atoms with Gasteiger partial charge in [0.2, 0.25) is 0 Å². The second kappa shape index (κ2) is 6.07. The Hall–Kier alpha value is -0.0600. The van der Waals surface area contributed by atoms with Gasteiger partial charge < -0.3 is 5.84 Å². The van der Waals surface area contributed by atoms with Gasteiger partial charge in [-0.15, -0.1) is 0 Å². The summed E-state index contributed by atoms with van der Waals surface area (Å²) in [7, 11) is 0. The molecule has 0 heterocycles. The number of hydrogen-bond acceptors (Lipinski definition) is 2. The molecule has 2 nitrogen and oxygen atoms in total. The first-order valence-electron chi connectivity index (χ1n) is 2.78. The summed E-state index contributed by atoms with van der Waals surface area (Å²) in [5.74, 6) is 4.99. The maximum absolute atomic E-state index is 4.99. The van der Waals surface area contributed by atoms with Gasteiger partial charge in [-0.2, -0.15) is 5.10 Å². The van der Waals surface area contributed by atoms with Gasteiger partial charge in [0, 0.05) is 4.43 Å². The fourth-order valence-corrected chi connectivity index (χ4v) is 0.719. The first kappa shape index (κ1) is 8.94. The fourth-order valence-electron chi connectivity index (χ4n) is 0.360. The van der Waals surface area contributed by atoms with E-state index in [1.54, 1.807) is 0 Å². The summed E-state index contributed by atoms with van der Waals surface area (Å²) in [6.45, 7) is 1.88. The van der Waals surface area contributed by atoms with E-state index in [1.807, 2.05) is 13.0 Å². The fraction of sp³-hybridized carbons (Fsp3) is 0.500. The van der Waals surface area contributed by atoms with Crippen molar-refractivity contribution < 1.29 is 0 Å². The summed E-state index contributed by atoms with van der Waals surface area (Å²) in [5.41, 5.74) is 0.875. The number of nitrogens with two attached hydrogens (primary N) is 1. The van der Waals surface area contributed by atoms with Crippen molar-refractivity contribution in [2.45, 2.75) is 13.3 Å². The molecule has 9 heavy (non-hydrogen) atoms. The third-order valence-corrected chi connectivity index (χ3v) is 1.46. The zero-order valence-corrected chi connectivity index (χ0v) is 7.63. The Bertz CT molecular complexity index is 118. The van der Waals surface area contributed by atoms with E-state index >= 15 is 0 Å². The van der Waals surface area contributed by atoms with Crippen molar-refractivity contribution in [1.82, 2.24) is 0 Å². The van der Waals surface area contributed by atoms with E-state index in [4.69, 9.17) is 5.84 Å². The van der Waals surface area contributed by atoms with Crippen molar-refractivity contribution in [2.24, 2.45) is 10.9 Å². The number of hydrazone groups is 1. The van der Waals surface area contributed by atoms with Crippen LogP contribution in [0.5, 0.6) is 0 Å². The molecule has 0 aliphatic carbocycles. The molecule has 2 N–H and O–H groups in total. The molecule has 0 aromatic heterocycles. The lowest BCUT2D eigenvalue weighted by atomic mass is 10.3. The lowest BCUT2D eigenvalue weighted by Gasteiger charge is -1.84. The standard InChI is InChI=1S/C6H11IN2/c1-6(9-8)4-2-3-5-7/h2,4H,3,5,8H2,1H3/b4-2-,9-6-. The molecule has 0 bridgehead atoms. The van der Waals surface area contributed by atoms with Crippen molar-refractivity contribution in [1.29, 1.82) is 0 Å². The number of nitrogens with zero attached hydrogens (tertiary/aromatic N) is 1. The molecule has 0 spiro atoms. The van der Waals surface area contributed by atoms with Crippen molar-refractivity contribution in [2.75, 3.05) is 4.43 Å². The summed E-state index contributed by atoms with van der Waals surface area (Å²) in [6, 6.07) is 0. The van der Waals surface area contributed by atoms with Gasteiger partial charge in [0.25, 0.3) is 0 Å². The molecule has 52 valence electrons. The van der Waals surface area contributed by atoms with E-state index in [0.29, 0.717) is 0 Å². The van der Waals surface area contributed by atoms with Crippen LogP contribution in [0.15, 0.2) is 17.3 Å². The Morgan fingerprint density at radius 3 is 2.89 bits per heavy atom. The number of alkyl halides is 1. The van der Waals surface area contributed by atoms with Crippen molar-refractivity contribution in [3.63, 3.8) is 0 Å². The third-order valence-electron chi connectivity index (χ3n) is 0.838. The first-order chi connectivity index (χ1) is 4.31. The quantitative estimate of drug-likeness (QED) is 0.262. The van der Waals surface area contributed by atoms with Crippen LogP contribution in [0, 0.1) is 0 Å². The van der Waals surface area contributed by atoms with Gasteiger partial charge in [-0.05, 0) is 19.4 Å². The average molecular weight is 238 g/mol. The zero-order valence-electron chi connectivity index (χ0n) is 5.47. The second-order valence-corrected chi connectivity index (χ2v) is 2.73. The van der Waals surface area contributed by atoms with Crippen LogP contribution in [-0.4, -0.2) is 10.1 Å². The normalized spacial score (nSPS) is 12.9. The molecule has 0 fully saturated rings. The predicted octanol–water partition coefficient (Wildman–Crippen LogP) is 1.70. The Morgan fingerprint density at radius 2 is 2.44 bits per heavy atom. The number of allylic oxidation sites excluding steroid dienone is 2. The van der Waals surface area contributed by atoms with Crippen LogP contribution in [0.1, 0.15) is 13.3 Å². The van der Waals surface area contributed by atoms with Gasteiger partial charge >= 0.3 is 0 Å². The molecule has 0 saturated heterocycles. The second-order valence-electron chi connectivity index (χ2n) is 1.65. The molecule has 0 atom stereocenters. The van der Waals surface area contributed by atoms with Gasteiger partial charge in [0.15, 0.2) is 0 Å². The highest BCUT2D eigenvalue weighted by Gasteiger charge is 1.78. The molecule has 0 aromatic rings. The molecule has 0 amide bonds. The minimum absolute atomic E-state index is 0.875. The predicted molar refractivity (Wildman–Crippen MR) is 49.9 cm³/mol. The number of rotatable bonds is 3. The van der Waals surface area contributed by atoms with Gasteiger partial charge in [0.05, 0.1) is 5.71 Å². The largest absolute Gasteiger partial charge is 0.323 e. The molecular formula is C6H11IN2. The van der Waals surface area contributed by atoms with E-state index in [-0.39, 0.29) is 0 Å².